The van der Waals surface area contributed by atoms with Gasteiger partial charge in [0.1, 0.15) is 11.4 Å². The fourth-order valence-corrected chi connectivity index (χ4v) is 4.01. The van der Waals surface area contributed by atoms with Crippen LogP contribution < -0.4 is 4.74 Å². The molecule has 0 atom stereocenters. The number of nitrogens with zero attached hydrogens (tertiary/aromatic N) is 4. The summed E-state index contributed by atoms with van der Waals surface area (Å²) in [4.78, 5) is 36.5. The molecule has 0 radical (unpaired) electrons. The minimum atomic E-state index is -0.446. The molecule has 1 aromatic carbocycles. The third-order valence-corrected chi connectivity index (χ3v) is 5.88. The summed E-state index contributed by atoms with van der Waals surface area (Å²) in [6.45, 7) is 6.50. The molecule has 3 aromatic rings. The summed E-state index contributed by atoms with van der Waals surface area (Å²) in [5.41, 5.74) is 2.95. The van der Waals surface area contributed by atoms with E-state index in [9.17, 15) is 9.59 Å². The van der Waals surface area contributed by atoms with Gasteiger partial charge in [-0.2, -0.15) is 4.98 Å². The summed E-state index contributed by atoms with van der Waals surface area (Å²) >= 11 is 0. The zero-order valence-corrected chi connectivity index (χ0v) is 19.2. The molecule has 1 saturated heterocycles. The number of rotatable bonds is 6. The van der Waals surface area contributed by atoms with Gasteiger partial charge in [0.15, 0.2) is 0 Å². The molecule has 1 aliphatic rings. The molecular weight excluding hydrogens is 426 g/mol. The Bertz CT molecular complexity index is 1140. The smallest absolute Gasteiger partial charge is 0.339 e. The van der Waals surface area contributed by atoms with Crippen LogP contribution in [0, 0.1) is 13.8 Å². The van der Waals surface area contributed by atoms with Crippen molar-refractivity contribution in [1.29, 1.82) is 0 Å². The van der Waals surface area contributed by atoms with Crippen molar-refractivity contribution in [3.63, 3.8) is 0 Å². The van der Waals surface area contributed by atoms with E-state index in [4.69, 9.17) is 14.0 Å². The normalized spacial score (nSPS) is 14.4. The molecular formula is C23H27N5O5. The Morgan fingerprint density at radius 1 is 1.09 bits per heavy atom. The SMILES string of the molecule is COC(=O)c1c(C)[nH]c(C(=O)N2CCN(Cc3nc(-c4ccc(OC)cc4)no3)CC2)c1C. The molecule has 10 heteroatoms. The predicted octanol–water partition coefficient (Wildman–Crippen LogP) is 2.43. The quantitative estimate of drug-likeness (QED) is 0.566. The second kappa shape index (κ2) is 9.45. The summed E-state index contributed by atoms with van der Waals surface area (Å²) in [5, 5.41) is 4.07. The number of carbonyl (C=O) groups is 2. The van der Waals surface area contributed by atoms with Gasteiger partial charge in [-0.05, 0) is 43.7 Å². The molecule has 174 valence electrons. The lowest BCUT2D eigenvalue weighted by Gasteiger charge is -2.33. The molecule has 1 fully saturated rings. The lowest BCUT2D eigenvalue weighted by molar-refractivity contribution is 0.0599. The van der Waals surface area contributed by atoms with Crippen molar-refractivity contribution in [2.24, 2.45) is 0 Å². The van der Waals surface area contributed by atoms with Crippen LogP contribution in [0.1, 0.15) is 38.0 Å². The van der Waals surface area contributed by atoms with Gasteiger partial charge in [-0.15, -0.1) is 0 Å². The fraction of sp³-hybridized carbons (Fsp3) is 0.391. The maximum absolute atomic E-state index is 13.0. The number of carbonyl (C=O) groups excluding carboxylic acids is 2. The van der Waals surface area contributed by atoms with Gasteiger partial charge in [-0.3, -0.25) is 9.69 Å². The number of ether oxygens (including phenoxy) is 2. The first-order valence-corrected chi connectivity index (χ1v) is 10.7. The summed E-state index contributed by atoms with van der Waals surface area (Å²) in [7, 11) is 2.95. The predicted molar refractivity (Wildman–Crippen MR) is 119 cm³/mol. The number of esters is 1. The number of nitrogens with one attached hydrogen (secondary N) is 1. The fourth-order valence-electron chi connectivity index (χ4n) is 4.01. The molecule has 0 aliphatic carbocycles. The molecule has 0 saturated carbocycles. The van der Waals surface area contributed by atoms with Crippen LogP contribution in [0.25, 0.3) is 11.4 Å². The van der Waals surface area contributed by atoms with E-state index < -0.39 is 5.97 Å². The number of aromatic amines is 1. The van der Waals surface area contributed by atoms with Gasteiger partial charge in [0.2, 0.25) is 11.7 Å². The molecule has 0 spiro atoms. The molecule has 0 unspecified atom stereocenters. The minimum absolute atomic E-state index is 0.120. The minimum Gasteiger partial charge on any atom is -0.497 e. The molecule has 1 N–H and O–H groups in total. The molecule has 10 nitrogen and oxygen atoms in total. The molecule has 4 rings (SSSR count). The second-order valence-corrected chi connectivity index (χ2v) is 7.93. The zero-order valence-electron chi connectivity index (χ0n) is 19.2. The third-order valence-electron chi connectivity index (χ3n) is 5.88. The Hall–Kier alpha value is -3.66. The standard InChI is InChI=1S/C23H27N5O5/c1-14-19(23(30)32-4)15(2)24-20(14)22(29)28-11-9-27(10-12-28)13-18-25-21(26-33-18)16-5-7-17(31-3)8-6-16/h5-8,24H,9-13H2,1-4H3. The van der Waals surface area contributed by atoms with Crippen LogP contribution in [-0.2, 0) is 11.3 Å². The van der Waals surface area contributed by atoms with Crippen LogP contribution in [0.5, 0.6) is 5.75 Å². The number of benzene rings is 1. The van der Waals surface area contributed by atoms with E-state index >= 15 is 0 Å². The molecule has 3 heterocycles. The maximum Gasteiger partial charge on any atom is 0.339 e. The van der Waals surface area contributed by atoms with Crippen molar-refractivity contribution in [3.05, 3.63) is 52.7 Å². The Morgan fingerprint density at radius 2 is 1.79 bits per heavy atom. The Balaban J connectivity index is 1.35. The van der Waals surface area contributed by atoms with Gasteiger partial charge in [0.05, 0.1) is 26.3 Å². The number of hydrogen-bond donors (Lipinski definition) is 1. The van der Waals surface area contributed by atoms with Crippen molar-refractivity contribution < 1.29 is 23.6 Å². The lowest BCUT2D eigenvalue weighted by Crippen LogP contribution is -2.48. The number of methoxy groups -OCH3 is 2. The summed E-state index contributed by atoms with van der Waals surface area (Å²) in [6.07, 6.45) is 0. The highest BCUT2D eigenvalue weighted by Gasteiger charge is 2.28. The first-order chi connectivity index (χ1) is 15.9. The van der Waals surface area contributed by atoms with E-state index in [1.165, 1.54) is 7.11 Å². The van der Waals surface area contributed by atoms with Crippen molar-refractivity contribution in [2.45, 2.75) is 20.4 Å². The van der Waals surface area contributed by atoms with Crippen LogP contribution in [0.2, 0.25) is 0 Å². The van der Waals surface area contributed by atoms with E-state index in [0.717, 1.165) is 11.3 Å². The molecule has 2 aromatic heterocycles. The Kier molecular flexibility index (Phi) is 6.45. The number of amides is 1. The van der Waals surface area contributed by atoms with Crippen molar-refractivity contribution in [3.8, 4) is 17.1 Å². The molecule has 0 bridgehead atoms. The van der Waals surface area contributed by atoms with Crippen molar-refractivity contribution >= 4 is 11.9 Å². The van der Waals surface area contributed by atoms with Crippen molar-refractivity contribution in [2.75, 3.05) is 40.4 Å². The zero-order chi connectivity index (χ0) is 23.5. The average Bonchev–Trinajstić information content (AvgIpc) is 3.42. The highest BCUT2D eigenvalue weighted by atomic mass is 16.5. The Morgan fingerprint density at radius 3 is 2.42 bits per heavy atom. The van der Waals surface area contributed by atoms with Crippen LogP contribution in [0.3, 0.4) is 0 Å². The van der Waals surface area contributed by atoms with E-state index in [-0.39, 0.29) is 5.91 Å². The Labute approximate surface area is 191 Å². The van der Waals surface area contributed by atoms with Gasteiger partial charge in [0, 0.05) is 37.4 Å². The van der Waals surface area contributed by atoms with Crippen LogP contribution in [0.4, 0.5) is 0 Å². The summed E-state index contributed by atoms with van der Waals surface area (Å²) in [6, 6.07) is 7.47. The molecule has 1 amide bonds. The van der Waals surface area contributed by atoms with E-state index in [2.05, 4.69) is 20.0 Å². The molecule has 1 aliphatic heterocycles. The first kappa shape index (κ1) is 22.5. The number of aryl methyl sites for hydroxylation is 1. The van der Waals surface area contributed by atoms with Gasteiger partial charge in [-0.25, -0.2) is 4.79 Å². The summed E-state index contributed by atoms with van der Waals surface area (Å²) < 4.78 is 15.4. The van der Waals surface area contributed by atoms with Crippen LogP contribution in [-0.4, -0.2) is 77.2 Å². The number of piperazine rings is 1. The lowest BCUT2D eigenvalue weighted by atomic mass is 10.1. The first-order valence-electron chi connectivity index (χ1n) is 10.7. The van der Waals surface area contributed by atoms with Crippen LogP contribution in [0.15, 0.2) is 28.8 Å². The van der Waals surface area contributed by atoms with Gasteiger partial charge >= 0.3 is 5.97 Å². The van der Waals surface area contributed by atoms with Crippen LogP contribution >= 0.6 is 0 Å². The number of hydrogen-bond acceptors (Lipinski definition) is 8. The van der Waals surface area contributed by atoms with Gasteiger partial charge in [-0.1, -0.05) is 5.16 Å². The molecule has 33 heavy (non-hydrogen) atoms. The number of aromatic nitrogens is 3. The highest BCUT2D eigenvalue weighted by Crippen LogP contribution is 2.22. The second-order valence-electron chi connectivity index (χ2n) is 7.93. The van der Waals surface area contributed by atoms with E-state index in [1.807, 2.05) is 24.3 Å². The average molecular weight is 453 g/mol. The van der Waals surface area contributed by atoms with E-state index in [1.54, 1.807) is 25.9 Å². The topological polar surface area (TPSA) is 114 Å². The number of H-pyrrole nitrogens is 1. The van der Waals surface area contributed by atoms with Gasteiger partial charge in [0.25, 0.3) is 5.91 Å². The largest absolute Gasteiger partial charge is 0.497 e. The summed E-state index contributed by atoms with van der Waals surface area (Å²) in [5.74, 6) is 1.25. The monoisotopic (exact) mass is 453 g/mol. The maximum atomic E-state index is 13.0. The van der Waals surface area contributed by atoms with Gasteiger partial charge < -0.3 is 23.9 Å². The highest BCUT2D eigenvalue weighted by molar-refractivity contribution is 6.00. The third kappa shape index (κ3) is 4.61. The van der Waals surface area contributed by atoms with Crippen molar-refractivity contribution in [1.82, 2.24) is 24.9 Å². The van der Waals surface area contributed by atoms with E-state index in [0.29, 0.717) is 67.0 Å².